The van der Waals surface area contributed by atoms with E-state index in [4.69, 9.17) is 17.3 Å². The molecule has 3 atom stereocenters. The van der Waals surface area contributed by atoms with E-state index < -0.39 is 29.8 Å². The summed E-state index contributed by atoms with van der Waals surface area (Å²) in [5, 5.41) is 3.01. The van der Waals surface area contributed by atoms with Crippen molar-refractivity contribution in [2.75, 3.05) is 12.4 Å². The summed E-state index contributed by atoms with van der Waals surface area (Å²) in [5.41, 5.74) is 5.48. The summed E-state index contributed by atoms with van der Waals surface area (Å²) in [7, 11) is 0. The van der Waals surface area contributed by atoms with Crippen molar-refractivity contribution in [3.63, 3.8) is 0 Å². The number of nitrogens with two attached hydrogens (primary N) is 1. The van der Waals surface area contributed by atoms with Crippen molar-refractivity contribution in [2.45, 2.75) is 31.8 Å². The number of rotatable bonds is 6. The molecule has 1 unspecified atom stereocenters. The Labute approximate surface area is 134 Å². The van der Waals surface area contributed by atoms with Crippen molar-refractivity contribution in [1.82, 2.24) is 5.32 Å². The van der Waals surface area contributed by atoms with Crippen LogP contribution < -0.4 is 11.1 Å². The first-order chi connectivity index (χ1) is 7.99. The molecule has 0 radical (unpaired) electrons. The van der Waals surface area contributed by atoms with Gasteiger partial charge in [-0.1, -0.05) is 0 Å². The van der Waals surface area contributed by atoms with E-state index in [1.165, 1.54) is 6.92 Å². The van der Waals surface area contributed by atoms with Gasteiger partial charge in [-0.2, -0.15) is 0 Å². The molecule has 1 rings (SSSR count). The second kappa shape index (κ2) is 10.1. The maximum atomic E-state index is 12.1. The summed E-state index contributed by atoms with van der Waals surface area (Å²) < 4.78 is -1.06. The number of carbonyl (C=O) groups excluding carboxylic acids is 3. The molecular weight excluding hydrogens is 377 g/mol. The van der Waals surface area contributed by atoms with Gasteiger partial charge in [0.15, 0.2) is 0 Å². The Morgan fingerprint density at radius 1 is 1.42 bits per heavy atom. The minimum absolute atomic E-state index is 0. The molecule has 0 spiro atoms. The van der Waals surface area contributed by atoms with Crippen molar-refractivity contribution >= 4 is 64.8 Å². The maximum Gasteiger partial charge on any atom is -0.147 e. The quantitative estimate of drug-likeness (QED) is 0.488. The Bertz CT molecular complexity index is 336. The van der Waals surface area contributed by atoms with E-state index in [9.17, 15) is 14.4 Å². The van der Waals surface area contributed by atoms with Crippen molar-refractivity contribution in [2.24, 2.45) is 5.73 Å². The molecule has 0 aromatic carbocycles. The third kappa shape index (κ3) is 5.70. The van der Waals surface area contributed by atoms with Crippen LogP contribution in [-0.2, 0) is 14.4 Å². The minimum atomic E-state index is -2.94. The third-order valence-electron chi connectivity index (χ3n) is 2.55. The zero-order valence-corrected chi connectivity index (χ0v) is 14.7. The Balaban J connectivity index is 0. The van der Waals surface area contributed by atoms with Crippen LogP contribution in [0.5, 0.6) is 0 Å². The van der Waals surface area contributed by atoms with Crippen molar-refractivity contribution in [1.29, 1.82) is 0 Å². The molecule has 1 aliphatic heterocycles. The smallest absolute Gasteiger partial charge is 0.147 e. The Morgan fingerprint density at radius 3 is 2.37 bits per heavy atom. The van der Waals surface area contributed by atoms with Crippen molar-refractivity contribution in [3.05, 3.63) is 0 Å². The molecule has 0 aliphatic carbocycles. The van der Waals surface area contributed by atoms with E-state index in [2.05, 4.69) is 5.32 Å². The van der Waals surface area contributed by atoms with Gasteiger partial charge in [-0.25, -0.2) is 0 Å². The van der Waals surface area contributed by atoms with E-state index in [1.54, 1.807) is 0 Å². The Hall–Kier alpha value is 0.358. The molecule has 0 aromatic heterocycles. The molecule has 9 heteroatoms. The first kappa shape index (κ1) is 21.7. The number of carbonyl (C=O) groups is 3. The van der Waals surface area contributed by atoms with Crippen molar-refractivity contribution in [3.8, 4) is 0 Å². The topological polar surface area (TPSA) is 89.3 Å². The van der Waals surface area contributed by atoms with Gasteiger partial charge in [-0.15, -0.1) is 24.8 Å². The molecule has 3 N–H and O–H groups in total. The van der Waals surface area contributed by atoms with Crippen LogP contribution in [0.4, 0.5) is 0 Å². The molecule has 1 fully saturated rings. The average molecular weight is 396 g/mol. The summed E-state index contributed by atoms with van der Waals surface area (Å²) in [6.45, 7) is 2.25. The molecule has 1 saturated heterocycles. The van der Waals surface area contributed by atoms with Gasteiger partial charge in [-0.3, -0.25) is 0 Å². The van der Waals surface area contributed by atoms with E-state index in [0.717, 1.165) is 13.0 Å². The molecule has 0 amide bonds. The summed E-state index contributed by atoms with van der Waals surface area (Å²) >= 11 is 2.53. The molecule has 19 heavy (non-hydrogen) atoms. The molecule has 0 saturated carbocycles. The average Bonchev–Trinajstić information content (AvgIpc) is 2.81. The summed E-state index contributed by atoms with van der Waals surface area (Å²) in [6.07, 6.45) is 1.58. The number of hydrogen-bond acceptors (Lipinski definition) is 5. The Kier molecular flexibility index (Phi) is 11.6. The monoisotopic (exact) mass is 394 g/mol. The summed E-state index contributed by atoms with van der Waals surface area (Å²) in [4.78, 5) is 35.7. The number of hydrogen-bond donors (Lipinski definition) is 2. The fourth-order valence-corrected chi connectivity index (χ4v) is 6.00. The van der Waals surface area contributed by atoms with Gasteiger partial charge in [0.1, 0.15) is 0 Å². The zero-order chi connectivity index (χ0) is 13.0. The van der Waals surface area contributed by atoms with Gasteiger partial charge in [0.2, 0.25) is 0 Å². The van der Waals surface area contributed by atoms with E-state index in [0.29, 0.717) is 6.42 Å². The van der Waals surface area contributed by atoms with Gasteiger partial charge in [0, 0.05) is 0 Å². The molecule has 0 bridgehead atoms. The van der Waals surface area contributed by atoms with Crippen LogP contribution in [0.3, 0.4) is 0 Å². The van der Waals surface area contributed by atoms with E-state index in [1.807, 2.05) is 0 Å². The number of halogens is 3. The Morgan fingerprint density at radius 2 is 2.00 bits per heavy atom. The van der Waals surface area contributed by atoms with E-state index >= 15 is 0 Å². The van der Waals surface area contributed by atoms with Gasteiger partial charge in [-0.05, 0) is 0 Å². The second-order valence-corrected chi connectivity index (χ2v) is 8.55. The summed E-state index contributed by atoms with van der Waals surface area (Å²) in [5.74, 6) is -0.281. The zero-order valence-electron chi connectivity index (χ0n) is 10.4. The number of nitrogens with one attached hydrogen (secondary N) is 1. The minimum Gasteiger partial charge on any atom is -0.147 e. The largest absolute Gasteiger partial charge is 0.147 e. The fraction of sp³-hybridized carbons (Fsp3) is 0.700. The van der Waals surface area contributed by atoms with Crippen LogP contribution >= 0.6 is 36.4 Å². The van der Waals surface area contributed by atoms with Gasteiger partial charge in [0.25, 0.3) is 0 Å². The molecule has 112 valence electrons. The normalized spacial score (nSPS) is 20.7. The van der Waals surface area contributed by atoms with Gasteiger partial charge >= 0.3 is 110 Å². The predicted molar refractivity (Wildman–Crippen MR) is 80.7 cm³/mol. The van der Waals surface area contributed by atoms with Gasteiger partial charge < -0.3 is 0 Å². The third-order valence-corrected chi connectivity index (χ3v) is 7.94. The molecule has 0 aromatic rings. The SMILES string of the molecule is C[C@@H](N)C(=O)[As](C(=O)CCl)C(=O)[C@@H]1CCCN1.Cl.Cl. The molecule has 5 nitrogen and oxygen atoms in total. The molecule has 1 aliphatic rings. The van der Waals surface area contributed by atoms with E-state index in [-0.39, 0.29) is 41.3 Å². The predicted octanol–water partition coefficient (Wildman–Crippen LogP) is -0.0123. The van der Waals surface area contributed by atoms with Crippen LogP contribution in [0.15, 0.2) is 0 Å². The van der Waals surface area contributed by atoms with Crippen LogP contribution in [0.25, 0.3) is 0 Å². The van der Waals surface area contributed by atoms with Crippen molar-refractivity contribution < 1.29 is 14.4 Å². The molecule has 1 heterocycles. The van der Waals surface area contributed by atoms with Crippen LogP contribution in [0.1, 0.15) is 19.8 Å². The van der Waals surface area contributed by atoms with Crippen LogP contribution in [-0.4, -0.2) is 52.9 Å². The molecular formula is C10H18AsCl3N2O3. The van der Waals surface area contributed by atoms with Gasteiger partial charge in [0.05, 0.1) is 0 Å². The summed E-state index contributed by atoms with van der Waals surface area (Å²) in [6, 6.07) is -1.13. The first-order valence-corrected chi connectivity index (χ1v) is 8.79. The second-order valence-electron chi connectivity index (χ2n) is 3.98. The maximum absolute atomic E-state index is 12.1. The standard InChI is InChI=1S/C10H16AsClN2O3.2ClH/c1-6(13)9(16)11(8(15)5-12)10(17)7-3-2-4-14-7;;/h6-7,14H,2-5,13H2,1H3;2*1H/t6-,7+,11?;;/m1../s1. The fourth-order valence-electron chi connectivity index (χ4n) is 1.67. The van der Waals surface area contributed by atoms with Crippen LogP contribution in [0.2, 0.25) is 0 Å². The number of alkyl halides is 1. The first-order valence-electron chi connectivity index (χ1n) is 5.44. The van der Waals surface area contributed by atoms with Crippen LogP contribution in [0, 0.1) is 0 Å².